The smallest absolute Gasteiger partial charge is 0.189 e. The van der Waals surface area contributed by atoms with Gasteiger partial charge in [-0.3, -0.25) is 4.90 Å². The first-order valence-corrected chi connectivity index (χ1v) is 13.1. The third-order valence-electron chi connectivity index (χ3n) is 6.13. The largest absolute Gasteiger partial charge is 0.370 e. The highest BCUT2D eigenvalue weighted by Gasteiger charge is 2.32. The summed E-state index contributed by atoms with van der Waals surface area (Å²) < 4.78 is 83.1. The first kappa shape index (κ1) is 24.6. The second kappa shape index (κ2) is 9.63. The van der Waals surface area contributed by atoms with Gasteiger partial charge in [0.1, 0.15) is 16.5 Å². The number of hydrogen-bond acceptors (Lipinski definition) is 6. The molecular weight excluding hydrogens is 490 g/mol. The summed E-state index contributed by atoms with van der Waals surface area (Å²) in [4.78, 5) is 6.58. The van der Waals surface area contributed by atoms with E-state index in [1.165, 1.54) is 41.3 Å². The summed E-state index contributed by atoms with van der Waals surface area (Å²) in [6.45, 7) is 2.69. The van der Waals surface area contributed by atoms with Gasteiger partial charge in [0.05, 0.1) is 17.0 Å². The molecule has 0 bridgehead atoms. The van der Waals surface area contributed by atoms with E-state index in [1.807, 2.05) is 4.90 Å². The van der Waals surface area contributed by atoms with Crippen molar-refractivity contribution >= 4 is 26.9 Å². The van der Waals surface area contributed by atoms with Gasteiger partial charge in [-0.25, -0.2) is 31.0 Å². The van der Waals surface area contributed by atoms with E-state index in [-0.39, 0.29) is 35.1 Å². The van der Waals surface area contributed by atoms with E-state index in [0.29, 0.717) is 19.5 Å². The molecule has 0 aliphatic carbocycles. The van der Waals surface area contributed by atoms with Crippen molar-refractivity contribution in [1.82, 2.24) is 9.88 Å². The number of likely N-dealkylation sites (N-methyl/N-ethyl adjacent to an activating group) is 1. The molecule has 0 unspecified atom stereocenters. The Morgan fingerprint density at radius 1 is 1.18 bits per heavy atom. The number of likely N-dealkylation sites (tertiary alicyclic amines) is 1. The number of nitrogens with zero attached hydrogens (tertiary/aromatic N) is 3. The lowest BCUT2D eigenvalue weighted by atomic mass is 10.1. The topological polar surface area (TPSA) is 53.5 Å². The Kier molecular flexibility index (Phi) is 6.97. The minimum atomic E-state index is -4.28. The van der Waals surface area contributed by atoms with Gasteiger partial charge in [-0.15, -0.1) is 11.3 Å². The number of benzene rings is 2. The molecule has 2 heterocycles. The molecule has 182 valence electrons. The lowest BCUT2D eigenvalue weighted by molar-refractivity contribution is 0.317. The molecule has 11 heteroatoms. The molecule has 0 saturated carbocycles. The molecule has 2 aromatic carbocycles. The number of anilines is 1. The van der Waals surface area contributed by atoms with Gasteiger partial charge < -0.3 is 4.90 Å². The van der Waals surface area contributed by atoms with Crippen molar-refractivity contribution in [3.8, 4) is 0 Å². The molecule has 1 aliphatic heterocycles. The highest BCUT2D eigenvalue weighted by molar-refractivity contribution is 7.90. The molecule has 1 saturated heterocycles. The van der Waals surface area contributed by atoms with E-state index in [9.17, 15) is 21.6 Å². The van der Waals surface area contributed by atoms with Crippen LogP contribution in [0.5, 0.6) is 0 Å². The number of hydrogen-bond donors (Lipinski definition) is 0. The average Bonchev–Trinajstić information content (AvgIpc) is 3.45. The van der Waals surface area contributed by atoms with Crippen LogP contribution < -0.4 is 4.90 Å². The van der Waals surface area contributed by atoms with Crippen molar-refractivity contribution in [3.05, 3.63) is 75.2 Å². The van der Waals surface area contributed by atoms with Crippen molar-refractivity contribution in [2.45, 2.75) is 36.6 Å². The summed E-state index contributed by atoms with van der Waals surface area (Å²) >= 11 is 1.20. The highest BCUT2D eigenvalue weighted by Crippen LogP contribution is 2.33. The Morgan fingerprint density at radius 3 is 2.65 bits per heavy atom. The fraction of sp³-hybridized carbons (Fsp3) is 0.348. The molecular formula is C23H23F4N3O2S2. The van der Waals surface area contributed by atoms with Crippen molar-refractivity contribution in [2.24, 2.45) is 0 Å². The van der Waals surface area contributed by atoms with E-state index in [2.05, 4.69) is 4.98 Å². The van der Waals surface area contributed by atoms with Gasteiger partial charge in [0.15, 0.2) is 21.5 Å². The zero-order valence-electron chi connectivity index (χ0n) is 18.6. The lowest BCUT2D eigenvalue weighted by Gasteiger charge is -2.29. The van der Waals surface area contributed by atoms with Crippen LogP contribution in [-0.4, -0.2) is 44.5 Å². The predicted octanol–water partition coefficient (Wildman–Crippen LogP) is 4.69. The third-order valence-corrected chi connectivity index (χ3v) is 8.43. The zero-order valence-corrected chi connectivity index (χ0v) is 20.2. The van der Waals surface area contributed by atoms with E-state index >= 15 is 4.39 Å². The van der Waals surface area contributed by atoms with Crippen LogP contribution >= 0.6 is 11.3 Å². The minimum Gasteiger partial charge on any atom is -0.370 e. The number of thiazole rings is 1. The summed E-state index contributed by atoms with van der Waals surface area (Å²) in [6, 6.07) is 4.93. The Morgan fingerprint density at radius 2 is 1.94 bits per heavy atom. The monoisotopic (exact) mass is 513 g/mol. The maximum Gasteiger partial charge on any atom is 0.189 e. The Bertz CT molecular complexity index is 1300. The molecule has 0 radical (unpaired) electrons. The summed E-state index contributed by atoms with van der Waals surface area (Å²) in [5, 5.41) is 1.52. The zero-order chi connectivity index (χ0) is 24.6. The summed E-state index contributed by atoms with van der Waals surface area (Å²) in [6.07, 6.45) is 0.639. The lowest BCUT2D eigenvalue weighted by Crippen LogP contribution is -2.35. The SMILES string of the molecule is Cc1c(N(C)[C@H]2CCN(Cc3cccc(F)c3F)C2)cc(F)c(S(=O)(=O)Cc2cscn2)c1F. The van der Waals surface area contributed by atoms with E-state index in [0.717, 1.165) is 12.1 Å². The molecule has 1 aliphatic rings. The van der Waals surface area contributed by atoms with Gasteiger partial charge in [-0.05, 0) is 25.5 Å². The summed E-state index contributed by atoms with van der Waals surface area (Å²) in [5.74, 6) is -4.65. The molecule has 0 amide bonds. The first-order chi connectivity index (χ1) is 16.1. The quantitative estimate of drug-likeness (QED) is 0.429. The Labute approximate surface area is 199 Å². The highest BCUT2D eigenvalue weighted by atomic mass is 32.2. The van der Waals surface area contributed by atoms with E-state index < -0.39 is 43.8 Å². The summed E-state index contributed by atoms with van der Waals surface area (Å²) in [5.41, 5.74) is 2.19. The van der Waals surface area contributed by atoms with Crippen LogP contribution in [0.25, 0.3) is 0 Å². The van der Waals surface area contributed by atoms with Gasteiger partial charge in [-0.1, -0.05) is 12.1 Å². The van der Waals surface area contributed by atoms with Crippen LogP contribution in [0.4, 0.5) is 23.2 Å². The molecule has 5 nitrogen and oxygen atoms in total. The minimum absolute atomic E-state index is 0.0235. The van der Waals surface area contributed by atoms with Gasteiger partial charge >= 0.3 is 0 Å². The molecule has 1 atom stereocenters. The van der Waals surface area contributed by atoms with Crippen LogP contribution in [0.2, 0.25) is 0 Å². The van der Waals surface area contributed by atoms with Crippen molar-refractivity contribution in [1.29, 1.82) is 0 Å². The van der Waals surface area contributed by atoms with Crippen LogP contribution in [-0.2, 0) is 22.1 Å². The van der Waals surface area contributed by atoms with Crippen LogP contribution in [0.15, 0.2) is 40.1 Å². The molecule has 3 aromatic rings. The van der Waals surface area contributed by atoms with Gasteiger partial charge in [0.2, 0.25) is 0 Å². The first-order valence-electron chi connectivity index (χ1n) is 10.5. The number of halogens is 4. The molecule has 0 spiro atoms. The normalized spacial score (nSPS) is 16.8. The van der Waals surface area contributed by atoms with Crippen LogP contribution in [0.1, 0.15) is 23.2 Å². The Balaban J connectivity index is 1.54. The second-order valence-corrected chi connectivity index (χ2v) is 11.0. The van der Waals surface area contributed by atoms with Gasteiger partial charge in [0.25, 0.3) is 0 Å². The van der Waals surface area contributed by atoms with Crippen molar-refractivity contribution in [3.63, 3.8) is 0 Å². The fourth-order valence-electron chi connectivity index (χ4n) is 4.29. The van der Waals surface area contributed by atoms with Crippen LogP contribution in [0.3, 0.4) is 0 Å². The van der Waals surface area contributed by atoms with Crippen molar-refractivity contribution < 1.29 is 26.0 Å². The number of rotatable bonds is 7. The standard InChI is InChI=1S/C23H23F4N3O2S2/c1-14-20(8-19(25)23(21(14)26)34(31,32)12-16-11-33-13-28-16)29(2)17-6-7-30(10-17)9-15-4-3-5-18(24)22(15)27/h3-5,8,11,13,17H,6-7,9-10,12H2,1-2H3/t17-/m0/s1. The molecule has 1 aromatic heterocycles. The van der Waals surface area contributed by atoms with Crippen molar-refractivity contribution in [2.75, 3.05) is 25.0 Å². The third kappa shape index (κ3) is 4.82. The van der Waals surface area contributed by atoms with Crippen LogP contribution in [0, 0.1) is 30.2 Å². The number of aromatic nitrogens is 1. The Hall–Kier alpha value is -2.50. The molecule has 34 heavy (non-hydrogen) atoms. The van der Waals surface area contributed by atoms with Gasteiger partial charge in [-0.2, -0.15) is 0 Å². The molecule has 4 rings (SSSR count). The summed E-state index contributed by atoms with van der Waals surface area (Å²) in [7, 11) is -2.60. The average molecular weight is 514 g/mol. The molecule has 1 fully saturated rings. The number of sulfone groups is 1. The van der Waals surface area contributed by atoms with E-state index in [1.54, 1.807) is 11.9 Å². The van der Waals surface area contributed by atoms with Gasteiger partial charge in [0, 0.05) is 54.9 Å². The molecule has 0 N–H and O–H groups in total. The maximum atomic E-state index is 15.2. The van der Waals surface area contributed by atoms with E-state index in [4.69, 9.17) is 0 Å². The second-order valence-electron chi connectivity index (χ2n) is 8.39. The maximum absolute atomic E-state index is 15.2. The fourth-order valence-corrected chi connectivity index (χ4v) is 6.43. The predicted molar refractivity (Wildman–Crippen MR) is 123 cm³/mol.